The van der Waals surface area contributed by atoms with Crippen molar-refractivity contribution in [3.05, 3.63) is 28.0 Å². The smallest absolute Gasteiger partial charge is 0.192 e. The van der Waals surface area contributed by atoms with Crippen LogP contribution in [0.1, 0.15) is 64.5 Å². The van der Waals surface area contributed by atoms with Gasteiger partial charge in [0.05, 0.1) is 16.1 Å². The molecule has 1 aromatic heterocycles. The predicted molar refractivity (Wildman–Crippen MR) is 110 cm³/mol. The first kappa shape index (κ1) is 21.2. The molecule has 1 unspecified atom stereocenters. The van der Waals surface area contributed by atoms with E-state index >= 15 is 0 Å². The Bertz CT molecular complexity index is 506. The minimum absolute atomic E-state index is 0.101. The average molecular weight is 403 g/mol. The standard InChI is InChI=1S/C19H32Cl2N2OSi/c1-4-25(5-2,6-3)24-18(14-23-15-10-8-7-9-11-15)19-16(20)12-22-13-17(19)21/h12-13,15,18,23H,4-11,14H2,1-3H3. The Hall–Kier alpha value is -0.133. The summed E-state index contributed by atoms with van der Waals surface area (Å²) in [6, 6.07) is 3.92. The normalized spacial score (nSPS) is 17.6. The molecule has 0 saturated heterocycles. The minimum atomic E-state index is -1.77. The molecule has 1 atom stereocenters. The van der Waals surface area contributed by atoms with Gasteiger partial charge in [-0.1, -0.05) is 63.2 Å². The van der Waals surface area contributed by atoms with Gasteiger partial charge in [-0.3, -0.25) is 4.98 Å². The zero-order valence-corrected chi connectivity index (χ0v) is 18.3. The van der Waals surface area contributed by atoms with Crippen LogP contribution in [0.3, 0.4) is 0 Å². The molecule has 0 aliphatic heterocycles. The van der Waals surface area contributed by atoms with Gasteiger partial charge < -0.3 is 9.74 Å². The number of hydrogen-bond acceptors (Lipinski definition) is 3. The van der Waals surface area contributed by atoms with Crippen molar-refractivity contribution in [2.75, 3.05) is 6.54 Å². The topological polar surface area (TPSA) is 34.1 Å². The summed E-state index contributed by atoms with van der Waals surface area (Å²) in [6.45, 7) is 7.52. The molecule has 1 aliphatic rings. The van der Waals surface area contributed by atoms with Gasteiger partial charge in [-0.05, 0) is 31.0 Å². The van der Waals surface area contributed by atoms with E-state index in [1.807, 2.05) is 0 Å². The van der Waals surface area contributed by atoms with Crippen molar-refractivity contribution in [3.8, 4) is 0 Å². The summed E-state index contributed by atoms with van der Waals surface area (Å²) in [5.74, 6) is 0. The van der Waals surface area contributed by atoms with Crippen molar-refractivity contribution in [2.45, 2.75) is 83.2 Å². The molecule has 1 aromatic rings. The molecule has 1 N–H and O–H groups in total. The maximum Gasteiger partial charge on any atom is 0.192 e. The summed E-state index contributed by atoms with van der Waals surface area (Å²) in [7, 11) is -1.77. The molecule has 3 nitrogen and oxygen atoms in total. The highest BCUT2D eigenvalue weighted by Gasteiger charge is 2.34. The molecule has 1 aliphatic carbocycles. The van der Waals surface area contributed by atoms with Gasteiger partial charge >= 0.3 is 0 Å². The Balaban J connectivity index is 2.21. The van der Waals surface area contributed by atoms with E-state index in [0.29, 0.717) is 16.1 Å². The zero-order chi connectivity index (χ0) is 18.3. The first-order valence-electron chi connectivity index (χ1n) is 9.75. The summed E-state index contributed by atoms with van der Waals surface area (Å²) >= 11 is 12.9. The van der Waals surface area contributed by atoms with Crippen LogP contribution in [-0.4, -0.2) is 25.9 Å². The number of halogens is 2. The highest BCUT2D eigenvalue weighted by Crippen LogP contribution is 2.36. The summed E-state index contributed by atoms with van der Waals surface area (Å²) < 4.78 is 6.80. The van der Waals surface area contributed by atoms with Crippen LogP contribution in [0.2, 0.25) is 28.2 Å². The Morgan fingerprint density at radius 3 is 2.16 bits per heavy atom. The molecule has 1 saturated carbocycles. The van der Waals surface area contributed by atoms with Gasteiger partial charge in [0.2, 0.25) is 0 Å². The van der Waals surface area contributed by atoms with Crippen LogP contribution in [0.25, 0.3) is 0 Å². The van der Waals surface area contributed by atoms with Crippen molar-refractivity contribution in [1.82, 2.24) is 10.3 Å². The van der Waals surface area contributed by atoms with Crippen LogP contribution >= 0.6 is 23.2 Å². The maximum absolute atomic E-state index is 6.80. The number of nitrogens with one attached hydrogen (secondary N) is 1. The summed E-state index contributed by atoms with van der Waals surface area (Å²) in [6.07, 6.45) is 9.74. The molecule has 142 valence electrons. The molecule has 2 rings (SSSR count). The zero-order valence-electron chi connectivity index (χ0n) is 15.8. The maximum atomic E-state index is 6.80. The van der Waals surface area contributed by atoms with E-state index in [2.05, 4.69) is 31.1 Å². The molecule has 0 spiro atoms. The minimum Gasteiger partial charge on any atom is -0.409 e. The molecule has 0 amide bonds. The van der Waals surface area contributed by atoms with Crippen LogP contribution in [-0.2, 0) is 4.43 Å². The van der Waals surface area contributed by atoms with Crippen LogP contribution in [0.15, 0.2) is 12.4 Å². The number of aromatic nitrogens is 1. The third kappa shape index (κ3) is 5.67. The van der Waals surface area contributed by atoms with Gasteiger partial charge in [0.25, 0.3) is 0 Å². The van der Waals surface area contributed by atoms with E-state index in [-0.39, 0.29) is 6.10 Å². The Labute approximate surface area is 164 Å². The van der Waals surface area contributed by atoms with Gasteiger partial charge in [-0.15, -0.1) is 0 Å². The van der Waals surface area contributed by atoms with E-state index < -0.39 is 8.32 Å². The molecule has 1 heterocycles. The lowest BCUT2D eigenvalue weighted by Crippen LogP contribution is -2.42. The van der Waals surface area contributed by atoms with Crippen LogP contribution < -0.4 is 5.32 Å². The second-order valence-electron chi connectivity index (χ2n) is 7.11. The fourth-order valence-corrected chi connectivity index (χ4v) is 7.23. The van der Waals surface area contributed by atoms with E-state index in [9.17, 15) is 0 Å². The predicted octanol–water partition coefficient (Wildman–Crippen LogP) is 6.37. The van der Waals surface area contributed by atoms with Crippen molar-refractivity contribution >= 4 is 31.5 Å². The number of pyridine rings is 1. The van der Waals surface area contributed by atoms with E-state index in [1.54, 1.807) is 12.4 Å². The lowest BCUT2D eigenvalue weighted by molar-refractivity contribution is 0.176. The average Bonchev–Trinajstić information content (AvgIpc) is 2.64. The second kappa shape index (κ2) is 10.3. The third-order valence-electron chi connectivity index (χ3n) is 5.73. The second-order valence-corrected chi connectivity index (χ2v) is 12.6. The first-order chi connectivity index (χ1) is 12.0. The molecule has 25 heavy (non-hydrogen) atoms. The fourth-order valence-electron chi connectivity index (χ4n) is 3.81. The number of rotatable bonds is 9. The third-order valence-corrected chi connectivity index (χ3v) is 11.0. The molecule has 0 radical (unpaired) electrons. The van der Waals surface area contributed by atoms with E-state index in [0.717, 1.165) is 30.2 Å². The Morgan fingerprint density at radius 1 is 1.08 bits per heavy atom. The number of hydrogen-bond donors (Lipinski definition) is 1. The quantitative estimate of drug-likeness (QED) is 0.486. The Kier molecular flexibility index (Phi) is 8.69. The molecule has 0 aromatic carbocycles. The van der Waals surface area contributed by atoms with Crippen molar-refractivity contribution in [3.63, 3.8) is 0 Å². The number of nitrogens with zero attached hydrogens (tertiary/aromatic N) is 1. The summed E-state index contributed by atoms with van der Waals surface area (Å²) in [4.78, 5) is 4.11. The first-order valence-corrected chi connectivity index (χ1v) is 13.0. The van der Waals surface area contributed by atoms with Gasteiger partial charge in [-0.25, -0.2) is 0 Å². The van der Waals surface area contributed by atoms with E-state index in [1.165, 1.54) is 32.1 Å². The fraction of sp³-hybridized carbons (Fsp3) is 0.737. The van der Waals surface area contributed by atoms with Gasteiger partial charge in [0.15, 0.2) is 8.32 Å². The monoisotopic (exact) mass is 402 g/mol. The summed E-state index contributed by atoms with van der Waals surface area (Å²) in [5, 5.41) is 4.94. The molecular formula is C19H32Cl2N2OSi. The molecular weight excluding hydrogens is 371 g/mol. The van der Waals surface area contributed by atoms with Crippen molar-refractivity contribution in [1.29, 1.82) is 0 Å². The van der Waals surface area contributed by atoms with Gasteiger partial charge in [0, 0.05) is 30.5 Å². The van der Waals surface area contributed by atoms with Crippen molar-refractivity contribution < 1.29 is 4.43 Å². The van der Waals surface area contributed by atoms with Crippen molar-refractivity contribution in [2.24, 2.45) is 0 Å². The van der Waals surface area contributed by atoms with E-state index in [4.69, 9.17) is 27.6 Å². The molecule has 0 bridgehead atoms. The van der Waals surface area contributed by atoms with Gasteiger partial charge in [-0.2, -0.15) is 0 Å². The largest absolute Gasteiger partial charge is 0.409 e. The SMILES string of the molecule is CC[Si](CC)(CC)OC(CNC1CCCCC1)c1c(Cl)cncc1Cl. The van der Waals surface area contributed by atoms with Crippen LogP contribution in [0.4, 0.5) is 0 Å². The van der Waals surface area contributed by atoms with Crippen LogP contribution in [0, 0.1) is 0 Å². The lowest BCUT2D eigenvalue weighted by Gasteiger charge is -2.35. The lowest BCUT2D eigenvalue weighted by atomic mass is 9.95. The van der Waals surface area contributed by atoms with Gasteiger partial charge in [0.1, 0.15) is 0 Å². The molecule has 6 heteroatoms. The Morgan fingerprint density at radius 2 is 1.64 bits per heavy atom. The highest BCUT2D eigenvalue weighted by molar-refractivity contribution is 6.73. The highest BCUT2D eigenvalue weighted by atomic mass is 35.5. The molecule has 1 fully saturated rings. The summed E-state index contributed by atoms with van der Waals surface area (Å²) in [5.41, 5.74) is 0.897. The van der Waals surface area contributed by atoms with Crippen LogP contribution in [0.5, 0.6) is 0 Å².